The standard InChI is InChI=1S/C33H46N13O20P3S2/c34-21-1-2-44(33(51)39-21)23-4-15(18(62-23)7-60-69(56,57)66-20(10-71)14(48)9-70)64-68(54,55)59-8-19-16(5-24(63-19)46-12-38-26-28(46)41-32(36)43-30(26)50)65-67(52,53)58-6-17-13(47)3-22(61-17)45-11-37-25-27(45)40-31(35)42-29(25)49/h1-2,11-20,22-24,47-48,70-71H,3-10H2,(H,52,53)(H,54,55)(H,56,57)(H2,34,39,51)(H3,35,40,42,49)(H3,36,41,43,50)/t13-,14?,15-,16-,17+,18+,19+,20?,22+,23+,24+/m0/s1. The number of aliphatic hydroxyl groups is 2. The van der Waals surface area contributed by atoms with Crippen molar-refractivity contribution in [3.05, 3.63) is 56.1 Å². The van der Waals surface area contributed by atoms with Crippen LogP contribution in [0.15, 0.2) is 39.3 Å². The molecule has 14 atom stereocenters. The Hall–Kier alpha value is -4.19. The summed E-state index contributed by atoms with van der Waals surface area (Å²) < 4.78 is 93.4. The Balaban J connectivity index is 0.972. The molecule has 5 aromatic rings. The second kappa shape index (κ2) is 21.3. The third kappa shape index (κ3) is 12.3. The Labute approximate surface area is 407 Å². The highest BCUT2D eigenvalue weighted by molar-refractivity contribution is 7.80. The van der Waals surface area contributed by atoms with Crippen LogP contribution in [0, 0.1) is 0 Å². The zero-order valence-corrected chi connectivity index (χ0v) is 40.7. The van der Waals surface area contributed by atoms with Crippen LogP contribution in [0.5, 0.6) is 0 Å². The molecule has 0 aromatic carbocycles. The molecule has 38 heteroatoms. The molecule has 0 saturated carbocycles. The largest absolute Gasteiger partial charge is 0.472 e. The first-order chi connectivity index (χ1) is 33.5. The van der Waals surface area contributed by atoms with Crippen molar-refractivity contribution in [3.8, 4) is 0 Å². The summed E-state index contributed by atoms with van der Waals surface area (Å²) in [6.45, 7) is -2.53. The highest BCUT2D eigenvalue weighted by Gasteiger charge is 2.47. The van der Waals surface area contributed by atoms with Gasteiger partial charge in [-0.3, -0.25) is 60.4 Å². The lowest BCUT2D eigenvalue weighted by Gasteiger charge is -2.25. The van der Waals surface area contributed by atoms with Crippen molar-refractivity contribution in [3.63, 3.8) is 0 Å². The molecule has 5 unspecified atom stereocenters. The Bertz CT molecular complexity index is 3070. The van der Waals surface area contributed by atoms with Crippen LogP contribution >= 0.6 is 48.7 Å². The van der Waals surface area contributed by atoms with Crippen molar-refractivity contribution in [1.82, 2.24) is 48.6 Å². The first-order valence-electron chi connectivity index (χ1n) is 20.8. The van der Waals surface area contributed by atoms with Crippen molar-refractivity contribution >= 4 is 88.8 Å². The number of hydrogen-bond acceptors (Lipinski definition) is 27. The van der Waals surface area contributed by atoms with Crippen LogP contribution in [0.3, 0.4) is 0 Å². The number of H-pyrrole nitrogens is 2. The molecule has 3 saturated heterocycles. The van der Waals surface area contributed by atoms with Gasteiger partial charge in [-0.05, 0) is 6.07 Å². The molecule has 0 aliphatic carbocycles. The van der Waals surface area contributed by atoms with Crippen molar-refractivity contribution in [1.29, 1.82) is 0 Å². The maximum Gasteiger partial charge on any atom is 0.472 e. The fraction of sp³-hybridized carbons (Fsp3) is 0.576. The van der Waals surface area contributed by atoms with Gasteiger partial charge in [0, 0.05) is 37.0 Å². The minimum Gasteiger partial charge on any atom is -0.390 e. The molecule has 0 radical (unpaired) electrons. The van der Waals surface area contributed by atoms with Gasteiger partial charge in [-0.25, -0.2) is 28.5 Å². The number of anilines is 3. The number of phosphoric acid groups is 3. The third-order valence-electron chi connectivity index (χ3n) is 11.1. The fourth-order valence-corrected chi connectivity index (χ4v) is 11.2. The van der Waals surface area contributed by atoms with Gasteiger partial charge in [0.25, 0.3) is 11.1 Å². The molecule has 3 fully saturated rings. The number of nitrogen functional groups attached to an aromatic ring is 3. The average Bonchev–Trinajstić information content (AvgIpc) is 4.14. The topological polar surface area (TPSA) is 476 Å². The number of rotatable bonds is 21. The average molecular weight is 1100 g/mol. The summed E-state index contributed by atoms with van der Waals surface area (Å²) in [5, 5.41) is 20.9. The molecular formula is C33H46N13O20P3S2. The van der Waals surface area contributed by atoms with Crippen LogP contribution in [0.4, 0.5) is 17.7 Å². The summed E-state index contributed by atoms with van der Waals surface area (Å²) in [4.78, 5) is 94.7. The minimum absolute atomic E-state index is 0.0442. The zero-order chi connectivity index (χ0) is 51.2. The van der Waals surface area contributed by atoms with Crippen LogP contribution in [0.1, 0.15) is 37.9 Å². The number of nitrogens with two attached hydrogens (primary N) is 3. The van der Waals surface area contributed by atoms with Gasteiger partial charge in [0.05, 0.1) is 44.7 Å². The molecule has 390 valence electrons. The quantitative estimate of drug-likeness (QED) is 0.0285. The van der Waals surface area contributed by atoms with E-state index in [9.17, 15) is 53.0 Å². The highest BCUT2D eigenvalue weighted by Crippen LogP contribution is 2.53. The molecule has 0 amide bonds. The maximum absolute atomic E-state index is 13.7. The summed E-state index contributed by atoms with van der Waals surface area (Å²) >= 11 is 7.95. The lowest BCUT2D eigenvalue weighted by atomic mass is 10.2. The summed E-state index contributed by atoms with van der Waals surface area (Å²) in [5.74, 6) is -1.03. The van der Waals surface area contributed by atoms with Gasteiger partial charge in [0.15, 0.2) is 22.3 Å². The number of imidazole rings is 2. The zero-order valence-electron chi connectivity index (χ0n) is 36.2. The van der Waals surface area contributed by atoms with Crippen molar-refractivity contribution in [2.24, 2.45) is 0 Å². The normalized spacial score (nSPS) is 28.2. The van der Waals surface area contributed by atoms with Gasteiger partial charge in [0.2, 0.25) is 11.9 Å². The van der Waals surface area contributed by atoms with Crippen molar-refractivity contribution in [2.75, 3.05) is 48.5 Å². The van der Waals surface area contributed by atoms with Gasteiger partial charge in [-0.1, -0.05) is 0 Å². The Morgan fingerprint density at radius 2 is 1.17 bits per heavy atom. The van der Waals surface area contributed by atoms with Crippen LogP contribution in [-0.4, -0.2) is 154 Å². The van der Waals surface area contributed by atoms with E-state index in [2.05, 4.69) is 60.1 Å². The third-order valence-corrected chi connectivity index (χ3v) is 14.8. The molecule has 33 nitrogen and oxygen atoms in total. The minimum atomic E-state index is -5.32. The molecule has 5 aromatic heterocycles. The van der Waals surface area contributed by atoms with Crippen LogP contribution in [-0.2, 0) is 55.0 Å². The lowest BCUT2D eigenvalue weighted by Crippen LogP contribution is -2.33. The van der Waals surface area contributed by atoms with Crippen LogP contribution in [0.2, 0.25) is 0 Å². The number of aromatic amines is 2. The summed E-state index contributed by atoms with van der Waals surface area (Å²) in [5.41, 5.74) is 14.6. The maximum atomic E-state index is 13.7. The summed E-state index contributed by atoms with van der Waals surface area (Å²) in [7, 11) is -15.5. The molecule has 0 bridgehead atoms. The van der Waals surface area contributed by atoms with E-state index in [1.165, 1.54) is 27.7 Å². The highest BCUT2D eigenvalue weighted by atomic mass is 32.1. The van der Waals surface area contributed by atoms with E-state index in [1.807, 2.05) is 0 Å². The number of aliphatic hydroxyl groups excluding tert-OH is 2. The monoisotopic (exact) mass is 1100 g/mol. The molecule has 3 aliphatic heterocycles. The van der Waals surface area contributed by atoms with Crippen molar-refractivity contribution < 1.29 is 79.9 Å². The number of hydrogen-bond donors (Lipinski definition) is 12. The Morgan fingerprint density at radius 3 is 1.66 bits per heavy atom. The number of nitrogens with zero attached hydrogens (tertiary/aromatic N) is 8. The molecular weight excluding hydrogens is 1060 g/mol. The first-order valence-corrected chi connectivity index (χ1v) is 26.6. The number of ether oxygens (including phenoxy) is 3. The van der Waals surface area contributed by atoms with Gasteiger partial charge in [0.1, 0.15) is 61.1 Å². The van der Waals surface area contributed by atoms with E-state index in [-0.39, 0.29) is 64.4 Å². The molecule has 3 aliphatic rings. The van der Waals surface area contributed by atoms with E-state index in [4.69, 9.17) is 58.6 Å². The second-order valence-corrected chi connectivity index (χ2v) is 20.9. The lowest BCUT2D eigenvalue weighted by molar-refractivity contribution is -0.0612. The fourth-order valence-electron chi connectivity index (χ4n) is 7.70. The second-order valence-electron chi connectivity index (χ2n) is 15.9. The van der Waals surface area contributed by atoms with Gasteiger partial charge in [-0.2, -0.15) is 40.2 Å². The van der Waals surface area contributed by atoms with E-state index in [1.54, 1.807) is 0 Å². The molecule has 8 rings (SSSR count). The van der Waals surface area contributed by atoms with E-state index < -0.39 is 134 Å². The Kier molecular flexibility index (Phi) is 16.0. The number of nitrogens with one attached hydrogen (secondary N) is 2. The molecule has 0 spiro atoms. The molecule has 8 heterocycles. The Morgan fingerprint density at radius 1 is 0.704 bits per heavy atom. The van der Waals surface area contributed by atoms with Crippen LogP contribution < -0.4 is 34.0 Å². The van der Waals surface area contributed by atoms with Gasteiger partial charge in [-0.15, -0.1) is 0 Å². The van der Waals surface area contributed by atoms with E-state index >= 15 is 0 Å². The van der Waals surface area contributed by atoms with Crippen LogP contribution in [0.25, 0.3) is 22.3 Å². The van der Waals surface area contributed by atoms with Crippen molar-refractivity contribution in [2.45, 2.75) is 86.8 Å². The predicted octanol–water partition coefficient (Wildman–Crippen LogP) is -1.79. The van der Waals surface area contributed by atoms with E-state index in [0.29, 0.717) is 0 Å². The number of fused-ring (bicyclic) bond motifs is 2. The van der Waals surface area contributed by atoms with E-state index in [0.717, 1.165) is 10.9 Å². The number of thiol groups is 2. The SMILES string of the molecule is Nc1ccn([C@H]2C[C@H](OP(=O)(O)OC[C@H]3O[C@@H](n4cnc5c(=O)[nH]c(N)nc54)C[C@@H]3OP(=O)(O)OC[C@H]3O[C@@H](n4cnc5c(=O)[nH]c(N)nc54)C[C@@H]3O)[C@@H](COP(=O)(O)OC(CS)C(O)CS)O2)c(=O)n1. The summed E-state index contributed by atoms with van der Waals surface area (Å²) in [6.07, 6.45) is -12.0. The predicted molar refractivity (Wildman–Crippen MR) is 245 cm³/mol. The van der Waals surface area contributed by atoms with Gasteiger partial charge >= 0.3 is 29.2 Å². The number of phosphoric ester groups is 3. The molecule has 13 N–H and O–H groups in total. The molecule has 71 heavy (non-hydrogen) atoms. The summed E-state index contributed by atoms with van der Waals surface area (Å²) in [6, 6.07) is 1.26. The first kappa shape index (κ1) is 53.1. The smallest absolute Gasteiger partial charge is 0.390 e. The number of aromatic nitrogens is 10. The van der Waals surface area contributed by atoms with Gasteiger partial charge < -0.3 is 56.3 Å².